The summed E-state index contributed by atoms with van der Waals surface area (Å²) < 4.78 is 0. The molecule has 1 nitrogen and oxygen atoms in total. The molecule has 0 heterocycles. The molecule has 25 heavy (non-hydrogen) atoms. The number of unbranched alkanes of at least 4 members (excludes halogenated alkanes) is 9. The van der Waals surface area contributed by atoms with Gasteiger partial charge < -0.3 is 0 Å². The number of hydrogen-bond donors (Lipinski definition) is 0. The molecule has 0 aromatic heterocycles. The van der Waals surface area contributed by atoms with Crippen LogP contribution < -0.4 is 0 Å². The van der Waals surface area contributed by atoms with Crippen molar-refractivity contribution in [2.24, 2.45) is 0 Å². The van der Waals surface area contributed by atoms with Crippen LogP contribution in [0.25, 0.3) is 0 Å². The van der Waals surface area contributed by atoms with Gasteiger partial charge in [-0.2, -0.15) is 0 Å². The van der Waals surface area contributed by atoms with Crippen molar-refractivity contribution in [3.05, 3.63) is 35.4 Å². The first kappa shape index (κ1) is 21.9. The smallest absolute Gasteiger partial charge is 0.159 e. The Kier molecular flexibility index (Phi) is 12.4. The summed E-state index contributed by atoms with van der Waals surface area (Å²) in [6.45, 7) is 6.20. The Morgan fingerprint density at radius 1 is 0.720 bits per heavy atom. The molecule has 0 fully saturated rings. The van der Waals surface area contributed by atoms with Gasteiger partial charge in [-0.15, -0.1) is 0 Å². The molecule has 0 radical (unpaired) electrons. The van der Waals surface area contributed by atoms with E-state index >= 15 is 0 Å². The molecule has 0 amide bonds. The topological polar surface area (TPSA) is 17.1 Å². The SMILES string of the molecule is CCCCCCCCC(CCCCCCC)c1ccc(C(C)=O)cc1. The maximum absolute atomic E-state index is 11.5. The van der Waals surface area contributed by atoms with Gasteiger partial charge in [0, 0.05) is 5.56 Å². The van der Waals surface area contributed by atoms with Crippen molar-refractivity contribution in [2.45, 2.75) is 110 Å². The van der Waals surface area contributed by atoms with Crippen LogP contribution in [0.5, 0.6) is 0 Å². The van der Waals surface area contributed by atoms with E-state index in [-0.39, 0.29) is 5.78 Å². The fourth-order valence-corrected chi connectivity index (χ4v) is 3.63. The lowest BCUT2D eigenvalue weighted by atomic mass is 9.87. The zero-order valence-electron chi connectivity index (χ0n) is 17.0. The number of carbonyl (C=O) groups is 1. The van der Waals surface area contributed by atoms with E-state index in [0.29, 0.717) is 5.92 Å². The highest BCUT2D eigenvalue weighted by molar-refractivity contribution is 5.94. The van der Waals surface area contributed by atoms with Crippen molar-refractivity contribution in [2.75, 3.05) is 0 Å². The number of rotatable bonds is 15. The van der Waals surface area contributed by atoms with Crippen LogP contribution >= 0.6 is 0 Å². The Morgan fingerprint density at radius 3 is 1.60 bits per heavy atom. The number of benzene rings is 1. The first-order valence-corrected chi connectivity index (χ1v) is 10.8. The molecule has 1 aromatic rings. The minimum absolute atomic E-state index is 0.165. The van der Waals surface area contributed by atoms with Crippen molar-refractivity contribution in [3.63, 3.8) is 0 Å². The lowest BCUT2D eigenvalue weighted by Gasteiger charge is -2.18. The average Bonchev–Trinajstić information content (AvgIpc) is 2.62. The first-order chi connectivity index (χ1) is 12.2. The van der Waals surface area contributed by atoms with Crippen LogP contribution in [0.15, 0.2) is 24.3 Å². The molecule has 1 rings (SSSR count). The van der Waals surface area contributed by atoms with Crippen molar-refractivity contribution in [1.82, 2.24) is 0 Å². The molecule has 0 N–H and O–H groups in total. The van der Waals surface area contributed by atoms with Gasteiger partial charge in [-0.25, -0.2) is 0 Å². The molecule has 0 aliphatic rings. The highest BCUT2D eigenvalue weighted by Crippen LogP contribution is 2.29. The monoisotopic (exact) mass is 344 g/mol. The van der Waals surface area contributed by atoms with Gasteiger partial charge in [0.05, 0.1) is 0 Å². The van der Waals surface area contributed by atoms with Crippen LogP contribution in [0.3, 0.4) is 0 Å². The summed E-state index contributed by atoms with van der Waals surface area (Å²) in [7, 11) is 0. The summed E-state index contributed by atoms with van der Waals surface area (Å²) in [6.07, 6.45) is 17.6. The minimum Gasteiger partial charge on any atom is -0.295 e. The molecular weight excluding hydrogens is 304 g/mol. The van der Waals surface area contributed by atoms with E-state index in [4.69, 9.17) is 0 Å². The third-order valence-electron chi connectivity index (χ3n) is 5.35. The second kappa shape index (κ2) is 14.1. The summed E-state index contributed by atoms with van der Waals surface area (Å²) in [4.78, 5) is 11.5. The molecule has 1 heteroatoms. The molecule has 0 aliphatic carbocycles. The molecule has 142 valence electrons. The lowest BCUT2D eigenvalue weighted by Crippen LogP contribution is -2.01. The third-order valence-corrected chi connectivity index (χ3v) is 5.35. The lowest BCUT2D eigenvalue weighted by molar-refractivity contribution is 0.101. The Morgan fingerprint density at radius 2 is 1.16 bits per heavy atom. The van der Waals surface area contributed by atoms with E-state index in [2.05, 4.69) is 26.0 Å². The fraction of sp³-hybridized carbons (Fsp3) is 0.708. The number of ketones is 1. The van der Waals surface area contributed by atoms with Crippen molar-refractivity contribution in [3.8, 4) is 0 Å². The molecule has 1 unspecified atom stereocenters. The normalized spacial score (nSPS) is 12.3. The van der Waals surface area contributed by atoms with E-state index < -0.39 is 0 Å². The number of hydrogen-bond acceptors (Lipinski definition) is 1. The van der Waals surface area contributed by atoms with Gasteiger partial charge in [-0.3, -0.25) is 4.79 Å². The van der Waals surface area contributed by atoms with E-state index in [9.17, 15) is 4.79 Å². The Labute approximate surface area is 156 Å². The molecule has 0 spiro atoms. The molecule has 1 atom stereocenters. The third kappa shape index (κ3) is 9.82. The Bertz CT molecular complexity index is 446. The minimum atomic E-state index is 0.165. The highest BCUT2D eigenvalue weighted by atomic mass is 16.1. The average molecular weight is 345 g/mol. The van der Waals surface area contributed by atoms with Crippen LogP contribution in [0.4, 0.5) is 0 Å². The molecule has 0 saturated carbocycles. The number of carbonyl (C=O) groups excluding carboxylic acids is 1. The largest absolute Gasteiger partial charge is 0.295 e. The fourth-order valence-electron chi connectivity index (χ4n) is 3.63. The summed E-state index contributed by atoms with van der Waals surface area (Å²) in [6, 6.07) is 8.43. The second-order valence-electron chi connectivity index (χ2n) is 7.63. The standard InChI is InChI=1S/C24H40O/c1-4-6-8-10-12-14-16-23(15-13-11-9-7-5-2)24-19-17-22(18-20-24)21(3)25/h17-20,23H,4-16H2,1-3H3. The maximum Gasteiger partial charge on any atom is 0.159 e. The highest BCUT2D eigenvalue weighted by Gasteiger charge is 2.12. The molecule has 0 saturated heterocycles. The van der Waals surface area contributed by atoms with E-state index in [1.807, 2.05) is 12.1 Å². The summed E-state index contributed by atoms with van der Waals surface area (Å²) in [5, 5.41) is 0. The quantitative estimate of drug-likeness (QED) is 0.232. The van der Waals surface area contributed by atoms with Crippen molar-refractivity contribution >= 4 is 5.78 Å². The van der Waals surface area contributed by atoms with Crippen LogP contribution in [0, 0.1) is 0 Å². The van der Waals surface area contributed by atoms with Gasteiger partial charge in [0.15, 0.2) is 5.78 Å². The molecule has 0 bridgehead atoms. The molecule has 0 aliphatic heterocycles. The van der Waals surface area contributed by atoms with Gasteiger partial charge in [-0.05, 0) is 31.2 Å². The van der Waals surface area contributed by atoms with Gasteiger partial charge in [-0.1, -0.05) is 109 Å². The van der Waals surface area contributed by atoms with Gasteiger partial charge in [0.25, 0.3) is 0 Å². The van der Waals surface area contributed by atoms with Gasteiger partial charge in [0.2, 0.25) is 0 Å². The second-order valence-corrected chi connectivity index (χ2v) is 7.63. The first-order valence-electron chi connectivity index (χ1n) is 10.8. The predicted octanol–water partition coefficient (Wildman–Crippen LogP) is 8.08. The Hall–Kier alpha value is -1.11. The van der Waals surface area contributed by atoms with Crippen LogP contribution in [0.2, 0.25) is 0 Å². The van der Waals surface area contributed by atoms with Gasteiger partial charge in [0.1, 0.15) is 0 Å². The zero-order chi connectivity index (χ0) is 18.3. The Balaban J connectivity index is 2.49. The van der Waals surface area contributed by atoms with E-state index in [1.54, 1.807) is 6.92 Å². The van der Waals surface area contributed by atoms with E-state index in [0.717, 1.165) is 5.56 Å². The van der Waals surface area contributed by atoms with Crippen molar-refractivity contribution < 1.29 is 4.79 Å². The molecular formula is C24H40O. The number of Topliss-reactive ketones (excluding diaryl/α,β-unsaturated/α-hetero) is 1. The van der Waals surface area contributed by atoms with Crippen LogP contribution in [0.1, 0.15) is 126 Å². The van der Waals surface area contributed by atoms with Crippen LogP contribution in [-0.4, -0.2) is 5.78 Å². The maximum atomic E-state index is 11.5. The summed E-state index contributed by atoms with van der Waals surface area (Å²) in [5.41, 5.74) is 2.28. The summed E-state index contributed by atoms with van der Waals surface area (Å²) >= 11 is 0. The molecule has 1 aromatic carbocycles. The van der Waals surface area contributed by atoms with E-state index in [1.165, 1.54) is 89.0 Å². The predicted molar refractivity (Wildman–Crippen MR) is 111 cm³/mol. The van der Waals surface area contributed by atoms with Gasteiger partial charge >= 0.3 is 0 Å². The zero-order valence-corrected chi connectivity index (χ0v) is 17.0. The van der Waals surface area contributed by atoms with Crippen LogP contribution in [-0.2, 0) is 0 Å². The summed E-state index contributed by atoms with van der Waals surface area (Å²) in [5.74, 6) is 0.840. The van der Waals surface area contributed by atoms with Crippen molar-refractivity contribution in [1.29, 1.82) is 0 Å².